The topological polar surface area (TPSA) is 12.0 Å². The lowest BCUT2D eigenvalue weighted by Gasteiger charge is -2.24. The van der Waals surface area contributed by atoms with E-state index >= 15 is 0 Å². The van der Waals surface area contributed by atoms with Crippen molar-refractivity contribution in [1.29, 1.82) is 0 Å². The van der Waals surface area contributed by atoms with Crippen LogP contribution < -0.4 is 5.32 Å². The molecule has 1 N–H and O–H groups in total. The van der Waals surface area contributed by atoms with Crippen LogP contribution >= 0.6 is 11.6 Å². The van der Waals surface area contributed by atoms with E-state index in [2.05, 4.69) is 5.32 Å². The molecule has 1 saturated carbocycles. The van der Waals surface area contributed by atoms with Crippen molar-refractivity contribution in [1.82, 2.24) is 5.32 Å². The second-order valence-corrected chi connectivity index (χ2v) is 5.34. The Kier molecular flexibility index (Phi) is 4.05. The largest absolute Gasteiger partial charge is 0.313 e. The Morgan fingerprint density at radius 3 is 2.59 bits per heavy atom. The van der Waals surface area contributed by atoms with Crippen molar-refractivity contribution in [2.45, 2.75) is 38.6 Å². The van der Waals surface area contributed by atoms with Crippen molar-refractivity contribution in [2.75, 3.05) is 7.05 Å². The molecule has 0 aliphatic heterocycles. The van der Waals surface area contributed by atoms with E-state index in [-0.39, 0.29) is 11.9 Å². The average Bonchev–Trinajstić information content (AvgIpc) is 2.80. The summed E-state index contributed by atoms with van der Waals surface area (Å²) >= 11 is 6.17. The van der Waals surface area contributed by atoms with Crippen LogP contribution in [0.2, 0.25) is 5.02 Å². The summed E-state index contributed by atoms with van der Waals surface area (Å²) in [5.74, 6) is 0.405. The van der Waals surface area contributed by atoms with Gasteiger partial charge in [-0.1, -0.05) is 30.5 Å². The molecule has 1 unspecified atom stereocenters. The number of hydrogen-bond donors (Lipinski definition) is 1. The Hall–Kier alpha value is -0.600. The van der Waals surface area contributed by atoms with Gasteiger partial charge in [-0.2, -0.15) is 0 Å². The van der Waals surface area contributed by atoms with Gasteiger partial charge in [0.05, 0.1) is 0 Å². The van der Waals surface area contributed by atoms with E-state index in [4.69, 9.17) is 11.6 Å². The smallest absolute Gasteiger partial charge is 0.127 e. The molecule has 1 aliphatic carbocycles. The molecule has 0 radical (unpaired) electrons. The van der Waals surface area contributed by atoms with Gasteiger partial charge in [0.2, 0.25) is 0 Å². The first kappa shape index (κ1) is 12.8. The molecule has 0 amide bonds. The van der Waals surface area contributed by atoms with Gasteiger partial charge in [0.1, 0.15) is 5.82 Å². The minimum atomic E-state index is -0.222. The maximum Gasteiger partial charge on any atom is 0.127 e. The second kappa shape index (κ2) is 5.36. The number of benzene rings is 1. The van der Waals surface area contributed by atoms with Crippen molar-refractivity contribution in [3.8, 4) is 0 Å². The molecule has 2 rings (SSSR count). The normalized spacial score (nSPS) is 18.6. The quantitative estimate of drug-likeness (QED) is 0.852. The van der Waals surface area contributed by atoms with E-state index in [9.17, 15) is 4.39 Å². The molecule has 1 aromatic rings. The van der Waals surface area contributed by atoms with E-state index in [1.54, 1.807) is 6.92 Å². The molecule has 0 bridgehead atoms. The Morgan fingerprint density at radius 1 is 1.35 bits per heavy atom. The SMILES string of the molecule is CNC(c1cc(C)c(F)cc1Cl)C1CCCC1. The minimum absolute atomic E-state index is 0.222. The minimum Gasteiger partial charge on any atom is -0.313 e. The molecular formula is C14H19ClFN. The molecule has 1 fully saturated rings. The Bertz CT molecular complexity index is 399. The fourth-order valence-electron chi connectivity index (χ4n) is 2.85. The van der Waals surface area contributed by atoms with Crippen LogP contribution in [0.3, 0.4) is 0 Å². The summed E-state index contributed by atoms with van der Waals surface area (Å²) in [6.45, 7) is 1.79. The zero-order valence-corrected chi connectivity index (χ0v) is 11.1. The molecule has 17 heavy (non-hydrogen) atoms. The number of hydrogen-bond acceptors (Lipinski definition) is 1. The van der Waals surface area contributed by atoms with Crippen LogP contribution in [0.15, 0.2) is 12.1 Å². The first-order chi connectivity index (χ1) is 8.13. The first-order valence-electron chi connectivity index (χ1n) is 6.26. The van der Waals surface area contributed by atoms with Gasteiger partial charge in [-0.25, -0.2) is 4.39 Å². The lowest BCUT2D eigenvalue weighted by Crippen LogP contribution is -2.24. The zero-order valence-electron chi connectivity index (χ0n) is 10.4. The molecule has 1 nitrogen and oxygen atoms in total. The van der Waals surface area contributed by atoms with Gasteiger partial charge in [0, 0.05) is 11.1 Å². The second-order valence-electron chi connectivity index (χ2n) is 4.93. The van der Waals surface area contributed by atoms with Crippen molar-refractivity contribution in [3.05, 3.63) is 34.1 Å². The van der Waals surface area contributed by atoms with Gasteiger partial charge in [0.25, 0.3) is 0 Å². The summed E-state index contributed by atoms with van der Waals surface area (Å²) in [6.07, 6.45) is 5.05. The Morgan fingerprint density at radius 2 is 2.00 bits per heavy atom. The summed E-state index contributed by atoms with van der Waals surface area (Å²) in [7, 11) is 1.96. The third-order valence-corrected chi connectivity index (χ3v) is 4.12. The van der Waals surface area contributed by atoms with Crippen LogP contribution in [0.4, 0.5) is 4.39 Å². The molecule has 0 aromatic heterocycles. The fraction of sp³-hybridized carbons (Fsp3) is 0.571. The highest BCUT2D eigenvalue weighted by Gasteiger charge is 2.27. The predicted octanol–water partition coefficient (Wildman–Crippen LogP) is 4.24. The van der Waals surface area contributed by atoms with Gasteiger partial charge in [-0.3, -0.25) is 0 Å². The molecular weight excluding hydrogens is 237 g/mol. The summed E-state index contributed by atoms with van der Waals surface area (Å²) in [5, 5.41) is 3.88. The molecule has 0 heterocycles. The summed E-state index contributed by atoms with van der Waals surface area (Å²) < 4.78 is 13.4. The number of nitrogens with one attached hydrogen (secondary N) is 1. The van der Waals surface area contributed by atoms with Crippen molar-refractivity contribution in [2.24, 2.45) is 5.92 Å². The fourth-order valence-corrected chi connectivity index (χ4v) is 3.12. The number of halogens is 2. The third kappa shape index (κ3) is 2.63. The van der Waals surface area contributed by atoms with Crippen molar-refractivity contribution in [3.63, 3.8) is 0 Å². The van der Waals surface area contributed by atoms with Crippen LogP contribution in [0.1, 0.15) is 42.9 Å². The lowest BCUT2D eigenvalue weighted by molar-refractivity contribution is 0.390. The Labute approximate surface area is 107 Å². The maximum atomic E-state index is 13.4. The number of rotatable bonds is 3. The highest BCUT2D eigenvalue weighted by Crippen LogP contribution is 2.38. The van der Waals surface area contributed by atoms with E-state index < -0.39 is 0 Å². The van der Waals surface area contributed by atoms with Crippen LogP contribution in [0.25, 0.3) is 0 Å². The monoisotopic (exact) mass is 255 g/mol. The highest BCUT2D eigenvalue weighted by molar-refractivity contribution is 6.31. The molecule has 0 spiro atoms. The van der Waals surface area contributed by atoms with Gasteiger partial charge in [-0.15, -0.1) is 0 Å². The van der Waals surface area contributed by atoms with Crippen LogP contribution in [0, 0.1) is 18.7 Å². The van der Waals surface area contributed by atoms with Crippen molar-refractivity contribution >= 4 is 11.6 Å². The zero-order chi connectivity index (χ0) is 12.4. The van der Waals surface area contributed by atoms with Gasteiger partial charge >= 0.3 is 0 Å². The lowest BCUT2D eigenvalue weighted by atomic mass is 9.91. The average molecular weight is 256 g/mol. The maximum absolute atomic E-state index is 13.4. The van der Waals surface area contributed by atoms with Gasteiger partial charge < -0.3 is 5.32 Å². The predicted molar refractivity (Wildman–Crippen MR) is 69.9 cm³/mol. The van der Waals surface area contributed by atoms with Gasteiger partial charge in [-0.05, 0) is 49.9 Å². The van der Waals surface area contributed by atoms with Crippen LogP contribution in [0.5, 0.6) is 0 Å². The molecule has 3 heteroatoms. The van der Waals surface area contributed by atoms with Crippen molar-refractivity contribution < 1.29 is 4.39 Å². The summed E-state index contributed by atoms with van der Waals surface area (Å²) in [4.78, 5) is 0. The van der Waals surface area contributed by atoms with E-state index in [1.165, 1.54) is 31.7 Å². The third-order valence-electron chi connectivity index (χ3n) is 3.80. The summed E-state index contributed by atoms with van der Waals surface area (Å²) in [5.41, 5.74) is 1.71. The highest BCUT2D eigenvalue weighted by atomic mass is 35.5. The summed E-state index contributed by atoms with van der Waals surface area (Å²) in [6, 6.07) is 3.58. The van der Waals surface area contributed by atoms with Crippen LogP contribution in [-0.2, 0) is 0 Å². The molecule has 94 valence electrons. The van der Waals surface area contributed by atoms with E-state index in [1.807, 2.05) is 13.1 Å². The number of aryl methyl sites for hydroxylation is 1. The van der Waals surface area contributed by atoms with Gasteiger partial charge in [0.15, 0.2) is 0 Å². The van der Waals surface area contributed by atoms with Crippen LogP contribution in [-0.4, -0.2) is 7.05 Å². The Balaban J connectivity index is 2.32. The molecule has 0 saturated heterocycles. The first-order valence-corrected chi connectivity index (χ1v) is 6.64. The van der Waals surface area contributed by atoms with E-state index in [0.717, 1.165) is 5.56 Å². The standard InChI is InChI=1S/C14H19ClFN/c1-9-7-11(12(15)8-13(9)16)14(17-2)10-5-3-4-6-10/h7-8,10,14,17H,3-6H2,1-2H3. The molecule has 1 aliphatic rings. The molecule has 1 aromatic carbocycles. The molecule has 1 atom stereocenters. The van der Waals surface area contributed by atoms with E-state index in [0.29, 0.717) is 16.5 Å².